The van der Waals surface area contributed by atoms with Crippen molar-refractivity contribution in [3.8, 4) is 0 Å². The fraction of sp³-hybridized carbons (Fsp3) is 0.486. The zero-order valence-electron chi connectivity index (χ0n) is 31.9. The summed E-state index contributed by atoms with van der Waals surface area (Å²) in [7, 11) is -7.67. The Labute approximate surface area is 323 Å². The fourth-order valence-electron chi connectivity index (χ4n) is 4.80. The van der Waals surface area contributed by atoms with Crippen molar-refractivity contribution < 1.29 is 53.9 Å². The number of alkyl carbamates (subject to hydrolysis) is 2. The SMILES string of the molecule is CC(C)(C)OC(=O)NCNc1ccc(S(=O)(=O)CCCn2ccn(CCCS(=O)(=O)c3ccc(NCNC(=O)OC(C)(C)C)cc3)c2=NC(=O)C(F)(F)F)cc1. The number of rotatable bonds is 16. The molecule has 1 aromatic heterocycles. The monoisotopic (exact) mass is 831 g/mol. The molecule has 0 unspecified atom stereocenters. The van der Waals surface area contributed by atoms with Crippen molar-refractivity contribution >= 4 is 49.1 Å². The highest BCUT2D eigenvalue weighted by atomic mass is 32.2. The van der Waals surface area contributed by atoms with Gasteiger partial charge in [-0.25, -0.2) is 26.4 Å². The maximum Gasteiger partial charge on any atom is 0.473 e. The van der Waals surface area contributed by atoms with Gasteiger partial charge in [-0.05, 0) is 103 Å². The predicted molar refractivity (Wildman–Crippen MR) is 201 cm³/mol. The van der Waals surface area contributed by atoms with Gasteiger partial charge in [-0.3, -0.25) is 4.79 Å². The van der Waals surface area contributed by atoms with E-state index in [1.165, 1.54) is 70.1 Å². The number of nitrogens with one attached hydrogen (secondary N) is 4. The number of aryl methyl sites for hydroxylation is 2. The van der Waals surface area contributed by atoms with Crippen LogP contribution in [0.4, 0.5) is 34.1 Å². The van der Waals surface area contributed by atoms with Gasteiger partial charge >= 0.3 is 24.3 Å². The predicted octanol–water partition coefficient (Wildman–Crippen LogP) is 4.80. The average Bonchev–Trinajstić information content (AvgIpc) is 3.43. The highest BCUT2D eigenvalue weighted by molar-refractivity contribution is 7.91. The summed E-state index contributed by atoms with van der Waals surface area (Å²) in [5.74, 6) is -3.16. The van der Waals surface area contributed by atoms with Crippen LogP contribution in [0.15, 0.2) is 75.7 Å². The number of ether oxygens (including phenoxy) is 2. The number of anilines is 2. The van der Waals surface area contributed by atoms with Gasteiger partial charge in [0.2, 0.25) is 5.62 Å². The summed E-state index contributed by atoms with van der Waals surface area (Å²) in [4.78, 5) is 38.7. The molecular weight excluding hydrogens is 784 g/mol. The van der Waals surface area contributed by atoms with Gasteiger partial charge in [-0.2, -0.15) is 18.2 Å². The number of sulfone groups is 2. The van der Waals surface area contributed by atoms with E-state index in [9.17, 15) is 44.4 Å². The molecule has 4 N–H and O–H groups in total. The first kappa shape index (κ1) is 45.3. The minimum atomic E-state index is -5.28. The van der Waals surface area contributed by atoms with E-state index in [2.05, 4.69) is 26.3 Å². The molecule has 0 aliphatic carbocycles. The molecule has 0 spiro atoms. The molecule has 0 aliphatic heterocycles. The quantitative estimate of drug-likeness (QED) is 0.144. The molecule has 0 radical (unpaired) electrons. The number of alkyl halides is 3. The van der Waals surface area contributed by atoms with Gasteiger partial charge in [-0.15, -0.1) is 0 Å². The normalized spacial score (nSPS) is 12.4. The zero-order chi connectivity index (χ0) is 42.0. The lowest BCUT2D eigenvalue weighted by Crippen LogP contribution is -2.35. The van der Waals surface area contributed by atoms with Crippen LogP contribution in [-0.2, 0) is 47.0 Å². The van der Waals surface area contributed by atoms with Crippen LogP contribution in [0.25, 0.3) is 0 Å². The van der Waals surface area contributed by atoms with E-state index < -0.39 is 72.3 Å². The number of amides is 3. The number of halogens is 3. The van der Waals surface area contributed by atoms with Crippen molar-refractivity contribution in [1.29, 1.82) is 0 Å². The molecule has 0 fully saturated rings. The van der Waals surface area contributed by atoms with Crippen molar-refractivity contribution in [2.75, 3.05) is 35.5 Å². The van der Waals surface area contributed by atoms with Crippen LogP contribution in [0.3, 0.4) is 0 Å². The molecule has 0 aliphatic rings. The fourth-order valence-corrected chi connectivity index (χ4v) is 7.39. The molecule has 16 nitrogen and oxygen atoms in total. The van der Waals surface area contributed by atoms with Crippen LogP contribution in [0.2, 0.25) is 0 Å². The Kier molecular flexibility index (Phi) is 15.2. The molecule has 310 valence electrons. The summed E-state index contributed by atoms with van der Waals surface area (Å²) >= 11 is 0. The number of aromatic nitrogens is 2. The molecule has 56 heavy (non-hydrogen) atoms. The van der Waals surface area contributed by atoms with Gasteiger partial charge in [0.15, 0.2) is 19.7 Å². The number of benzene rings is 2. The van der Waals surface area contributed by atoms with Crippen LogP contribution in [0.5, 0.6) is 0 Å². The van der Waals surface area contributed by atoms with Crippen molar-refractivity contribution in [3.63, 3.8) is 0 Å². The lowest BCUT2D eigenvalue weighted by molar-refractivity contribution is -0.169. The maximum atomic E-state index is 13.2. The number of hydrogen-bond donors (Lipinski definition) is 4. The number of carbonyl (C=O) groups is 3. The molecular formula is C35H48F3N7O9S2. The molecule has 1 heterocycles. The summed E-state index contributed by atoms with van der Waals surface area (Å²) in [6.07, 6.45) is -4.00. The largest absolute Gasteiger partial charge is 0.473 e. The van der Waals surface area contributed by atoms with E-state index in [0.717, 1.165) is 0 Å². The summed E-state index contributed by atoms with van der Waals surface area (Å²) in [5.41, 5.74) is -0.740. The summed E-state index contributed by atoms with van der Waals surface area (Å²) in [5, 5.41) is 10.8. The average molecular weight is 832 g/mol. The molecule has 3 aromatic rings. The van der Waals surface area contributed by atoms with E-state index in [4.69, 9.17) is 9.47 Å². The number of imidazole rings is 1. The lowest BCUT2D eigenvalue weighted by atomic mass is 10.2. The number of hydrogen-bond acceptors (Lipinski definition) is 11. The van der Waals surface area contributed by atoms with Crippen molar-refractivity contribution in [2.24, 2.45) is 4.99 Å². The summed E-state index contributed by atoms with van der Waals surface area (Å²) in [6, 6.07) is 11.5. The van der Waals surface area contributed by atoms with Crippen LogP contribution in [0, 0.1) is 0 Å². The molecule has 0 atom stereocenters. The molecule has 2 aromatic carbocycles. The van der Waals surface area contributed by atoms with E-state index >= 15 is 0 Å². The second kappa shape index (κ2) is 18.7. The molecule has 0 saturated carbocycles. The van der Waals surface area contributed by atoms with Crippen molar-refractivity contribution in [3.05, 3.63) is 66.5 Å². The third-order valence-electron chi connectivity index (χ3n) is 7.28. The van der Waals surface area contributed by atoms with Crippen LogP contribution >= 0.6 is 0 Å². The molecule has 0 saturated heterocycles. The first-order valence-electron chi connectivity index (χ1n) is 17.3. The van der Waals surface area contributed by atoms with Gasteiger partial charge in [0.25, 0.3) is 0 Å². The molecule has 21 heteroatoms. The number of nitrogens with zero attached hydrogens (tertiary/aromatic N) is 3. The third-order valence-corrected chi connectivity index (χ3v) is 10.9. The first-order chi connectivity index (χ1) is 25.8. The molecule has 3 amide bonds. The second-order valence-electron chi connectivity index (χ2n) is 14.4. The Bertz CT molecular complexity index is 1970. The first-order valence-corrected chi connectivity index (χ1v) is 20.6. The number of carbonyl (C=O) groups excluding carboxylic acids is 3. The Morgan fingerprint density at radius 1 is 0.643 bits per heavy atom. The van der Waals surface area contributed by atoms with Gasteiger partial charge in [0.1, 0.15) is 11.2 Å². The Morgan fingerprint density at radius 3 is 1.32 bits per heavy atom. The molecule has 0 bridgehead atoms. The molecule has 3 rings (SSSR count). The smallest absolute Gasteiger partial charge is 0.444 e. The van der Waals surface area contributed by atoms with Crippen molar-refractivity contribution in [2.45, 2.75) is 94.6 Å². The lowest BCUT2D eigenvalue weighted by Gasteiger charge is -2.20. The standard InChI is InChI=1S/C35H48F3N7O9S2/c1-33(2,3)53-31(47)41-23-39-25-9-13-27(14-10-25)55(49,50)21-7-17-44-19-20-45(30(44)43-29(46)35(36,37)38)18-8-22-56(51,52)28-15-11-26(12-16-28)40-24-42-32(48)54-34(4,5)6/h9-16,19-20,39-40H,7-8,17-18,21-24H2,1-6H3,(H,41,47)(H,42,48). The van der Waals surface area contributed by atoms with Crippen LogP contribution in [-0.4, -0.2) is 86.3 Å². The van der Waals surface area contributed by atoms with Crippen LogP contribution in [0.1, 0.15) is 54.4 Å². The summed E-state index contributed by atoms with van der Waals surface area (Å²) < 4.78 is 104. The third kappa shape index (κ3) is 15.2. The van der Waals surface area contributed by atoms with Gasteiger partial charge in [-0.1, -0.05) is 0 Å². The Morgan fingerprint density at radius 2 is 1.00 bits per heavy atom. The van der Waals surface area contributed by atoms with Crippen LogP contribution < -0.4 is 26.9 Å². The minimum absolute atomic E-state index is 0.00908. The van der Waals surface area contributed by atoms with Gasteiger partial charge < -0.3 is 39.9 Å². The van der Waals surface area contributed by atoms with E-state index in [-0.39, 0.29) is 49.1 Å². The Hall–Kier alpha value is -5.05. The highest BCUT2D eigenvalue weighted by Gasteiger charge is 2.39. The van der Waals surface area contributed by atoms with E-state index in [1.807, 2.05) is 0 Å². The Balaban J connectivity index is 1.60. The minimum Gasteiger partial charge on any atom is -0.444 e. The zero-order valence-corrected chi connectivity index (χ0v) is 33.5. The van der Waals surface area contributed by atoms with Crippen molar-refractivity contribution in [1.82, 2.24) is 19.8 Å². The summed E-state index contributed by atoms with van der Waals surface area (Å²) in [6.45, 7) is 10.1. The topological polar surface area (TPSA) is 208 Å². The van der Waals surface area contributed by atoms with E-state index in [1.54, 1.807) is 41.5 Å². The van der Waals surface area contributed by atoms with E-state index in [0.29, 0.717) is 11.4 Å². The second-order valence-corrected chi connectivity index (χ2v) is 18.6. The van der Waals surface area contributed by atoms with Gasteiger partial charge in [0, 0.05) is 36.9 Å². The maximum absolute atomic E-state index is 13.2. The highest BCUT2D eigenvalue weighted by Crippen LogP contribution is 2.19. The van der Waals surface area contributed by atoms with Gasteiger partial charge in [0.05, 0.1) is 34.6 Å².